The molecule has 0 aliphatic rings. The fourth-order valence-corrected chi connectivity index (χ4v) is 1.69. The summed E-state index contributed by atoms with van der Waals surface area (Å²) in [4.78, 5) is 0. The number of benzene rings is 1. The highest BCUT2D eigenvalue weighted by Crippen LogP contribution is 2.24. The first-order chi connectivity index (χ1) is 7.69. The fraction of sp³-hybridized carbons (Fsp3) is 0.417. The fourth-order valence-electron chi connectivity index (χ4n) is 1.69. The maximum atomic E-state index is 8.87. The Hall–Kier alpha value is -1.55. The summed E-state index contributed by atoms with van der Waals surface area (Å²) in [5, 5.41) is 20.0. The largest absolute Gasteiger partial charge is 0.487 e. The highest BCUT2D eigenvalue weighted by atomic mass is 16.5. The Morgan fingerprint density at radius 3 is 2.44 bits per heavy atom. The zero-order valence-corrected chi connectivity index (χ0v) is 9.60. The molecule has 2 N–H and O–H groups in total. The van der Waals surface area contributed by atoms with E-state index in [0.717, 1.165) is 22.4 Å². The van der Waals surface area contributed by atoms with Gasteiger partial charge in [-0.3, -0.25) is 0 Å². The monoisotopic (exact) mass is 223 g/mol. The Morgan fingerprint density at radius 1 is 1.31 bits per heavy atom. The van der Waals surface area contributed by atoms with Gasteiger partial charge in [-0.25, -0.2) is 0 Å². The highest BCUT2D eigenvalue weighted by molar-refractivity contribution is 5.58. The lowest BCUT2D eigenvalue weighted by Gasteiger charge is -2.12. The molecule has 4 heteroatoms. The first-order valence-electron chi connectivity index (χ1n) is 5.18. The second-order valence-electron chi connectivity index (χ2n) is 3.64. The first kappa shape index (κ1) is 12.5. The number of nitrogens with zero attached hydrogens (tertiary/aromatic N) is 1. The van der Waals surface area contributed by atoms with Crippen LogP contribution >= 0.6 is 0 Å². The van der Waals surface area contributed by atoms with Crippen molar-refractivity contribution in [1.29, 1.82) is 0 Å². The molecule has 0 fully saturated rings. The van der Waals surface area contributed by atoms with Crippen LogP contribution in [0.15, 0.2) is 17.3 Å². The van der Waals surface area contributed by atoms with Gasteiger partial charge in [0, 0.05) is 6.61 Å². The lowest BCUT2D eigenvalue weighted by molar-refractivity contribution is 0.299. The Morgan fingerprint density at radius 2 is 1.94 bits per heavy atom. The molecule has 0 aliphatic carbocycles. The Bertz CT molecular complexity index is 352. The van der Waals surface area contributed by atoms with E-state index in [4.69, 9.17) is 15.1 Å². The van der Waals surface area contributed by atoms with Crippen LogP contribution in [0.3, 0.4) is 0 Å². The highest BCUT2D eigenvalue weighted by Gasteiger charge is 2.05. The minimum Gasteiger partial charge on any atom is -0.487 e. The molecule has 0 unspecified atom stereocenters. The van der Waals surface area contributed by atoms with Gasteiger partial charge in [0.15, 0.2) is 0 Å². The van der Waals surface area contributed by atoms with Crippen molar-refractivity contribution in [1.82, 2.24) is 0 Å². The van der Waals surface area contributed by atoms with Crippen LogP contribution in [-0.4, -0.2) is 29.7 Å². The van der Waals surface area contributed by atoms with E-state index in [9.17, 15) is 0 Å². The molecule has 0 aliphatic heterocycles. The van der Waals surface area contributed by atoms with Gasteiger partial charge in [-0.15, -0.1) is 0 Å². The molecule has 0 saturated carbocycles. The molecule has 0 heterocycles. The number of rotatable bonds is 5. The van der Waals surface area contributed by atoms with Crippen molar-refractivity contribution in [2.45, 2.75) is 20.3 Å². The van der Waals surface area contributed by atoms with Gasteiger partial charge >= 0.3 is 0 Å². The summed E-state index contributed by atoms with van der Waals surface area (Å²) in [6.07, 6.45) is 1.95. The van der Waals surface area contributed by atoms with E-state index in [1.165, 1.54) is 6.21 Å². The Labute approximate surface area is 95.2 Å². The number of aliphatic hydroxyl groups is 1. The van der Waals surface area contributed by atoms with E-state index in [0.29, 0.717) is 6.42 Å². The SMILES string of the molecule is Cc1cc(CCO)cc(C)c1OCC=NO. The molecular weight excluding hydrogens is 206 g/mol. The summed E-state index contributed by atoms with van der Waals surface area (Å²) in [5.41, 5.74) is 3.14. The van der Waals surface area contributed by atoms with Gasteiger partial charge in [0.05, 0.1) is 6.21 Å². The Kier molecular flexibility index (Phi) is 4.79. The van der Waals surface area contributed by atoms with Crippen LogP contribution in [-0.2, 0) is 6.42 Å². The molecule has 0 bridgehead atoms. The topological polar surface area (TPSA) is 62.0 Å². The van der Waals surface area contributed by atoms with Crippen LogP contribution in [0, 0.1) is 13.8 Å². The summed E-state index contributed by atoms with van der Waals surface area (Å²) in [7, 11) is 0. The van der Waals surface area contributed by atoms with Crippen molar-refractivity contribution in [3.8, 4) is 5.75 Å². The molecule has 0 spiro atoms. The van der Waals surface area contributed by atoms with Gasteiger partial charge in [-0.1, -0.05) is 17.3 Å². The molecule has 0 amide bonds. The summed E-state index contributed by atoms with van der Waals surface area (Å²) in [5.74, 6) is 0.807. The Balaban J connectivity index is 2.84. The zero-order valence-electron chi connectivity index (χ0n) is 9.60. The maximum absolute atomic E-state index is 8.87. The number of oxime groups is 1. The molecule has 4 nitrogen and oxygen atoms in total. The third kappa shape index (κ3) is 3.24. The standard InChI is InChI=1S/C12H17NO3/c1-9-7-11(3-5-14)8-10(2)12(9)16-6-4-13-15/h4,7-8,14-15H,3,5-6H2,1-2H3. The molecule has 16 heavy (non-hydrogen) atoms. The van der Waals surface area contributed by atoms with Crippen LogP contribution in [0.2, 0.25) is 0 Å². The second-order valence-corrected chi connectivity index (χ2v) is 3.64. The van der Waals surface area contributed by atoms with Gasteiger partial charge < -0.3 is 15.1 Å². The number of aliphatic hydroxyl groups excluding tert-OH is 1. The molecule has 1 aromatic carbocycles. The van der Waals surface area contributed by atoms with Crippen molar-refractivity contribution in [2.75, 3.05) is 13.2 Å². The smallest absolute Gasteiger partial charge is 0.127 e. The van der Waals surface area contributed by atoms with Crippen molar-refractivity contribution in [3.63, 3.8) is 0 Å². The van der Waals surface area contributed by atoms with Crippen LogP contribution in [0.25, 0.3) is 0 Å². The average Bonchev–Trinajstić information content (AvgIpc) is 2.23. The van der Waals surface area contributed by atoms with E-state index in [-0.39, 0.29) is 13.2 Å². The third-order valence-electron chi connectivity index (χ3n) is 2.30. The molecule has 0 radical (unpaired) electrons. The minimum atomic E-state index is 0.149. The van der Waals surface area contributed by atoms with E-state index in [1.54, 1.807) is 0 Å². The van der Waals surface area contributed by atoms with Crippen molar-refractivity contribution in [3.05, 3.63) is 28.8 Å². The lowest BCUT2D eigenvalue weighted by Crippen LogP contribution is -2.03. The quantitative estimate of drug-likeness (QED) is 0.453. The summed E-state index contributed by atoms with van der Waals surface area (Å²) >= 11 is 0. The van der Waals surface area contributed by atoms with Crippen molar-refractivity contribution < 1.29 is 15.1 Å². The second kappa shape index (κ2) is 6.12. The zero-order chi connectivity index (χ0) is 12.0. The molecule has 0 aromatic heterocycles. The van der Waals surface area contributed by atoms with Gasteiger partial charge in [-0.05, 0) is 37.0 Å². The lowest BCUT2D eigenvalue weighted by atomic mass is 10.0. The van der Waals surface area contributed by atoms with Gasteiger partial charge in [0.25, 0.3) is 0 Å². The molecular formula is C12H17NO3. The number of hydrogen-bond acceptors (Lipinski definition) is 4. The van der Waals surface area contributed by atoms with Crippen LogP contribution in [0.1, 0.15) is 16.7 Å². The molecule has 1 rings (SSSR count). The minimum absolute atomic E-state index is 0.149. The summed E-state index contributed by atoms with van der Waals surface area (Å²) in [6, 6.07) is 3.99. The predicted octanol–water partition coefficient (Wildman–Crippen LogP) is 1.68. The normalized spacial score (nSPS) is 10.9. The van der Waals surface area contributed by atoms with Gasteiger partial charge in [0.2, 0.25) is 0 Å². The average molecular weight is 223 g/mol. The molecule has 0 atom stereocenters. The van der Waals surface area contributed by atoms with E-state index in [1.807, 2.05) is 26.0 Å². The molecule has 1 aromatic rings. The van der Waals surface area contributed by atoms with Gasteiger partial charge in [0.1, 0.15) is 12.4 Å². The summed E-state index contributed by atoms with van der Waals surface area (Å²) in [6.45, 7) is 4.31. The maximum Gasteiger partial charge on any atom is 0.127 e. The van der Waals surface area contributed by atoms with E-state index >= 15 is 0 Å². The number of ether oxygens (including phenoxy) is 1. The van der Waals surface area contributed by atoms with Crippen LogP contribution in [0.4, 0.5) is 0 Å². The third-order valence-corrected chi connectivity index (χ3v) is 2.30. The van der Waals surface area contributed by atoms with E-state index in [2.05, 4.69) is 5.16 Å². The van der Waals surface area contributed by atoms with Crippen molar-refractivity contribution in [2.24, 2.45) is 5.16 Å². The molecule has 88 valence electrons. The first-order valence-corrected chi connectivity index (χ1v) is 5.18. The van der Waals surface area contributed by atoms with Gasteiger partial charge in [-0.2, -0.15) is 0 Å². The number of hydrogen-bond donors (Lipinski definition) is 2. The number of aryl methyl sites for hydroxylation is 2. The van der Waals surface area contributed by atoms with Crippen molar-refractivity contribution >= 4 is 6.21 Å². The van der Waals surface area contributed by atoms with E-state index < -0.39 is 0 Å². The van der Waals surface area contributed by atoms with Crippen LogP contribution in [0.5, 0.6) is 5.75 Å². The molecule has 0 saturated heterocycles. The predicted molar refractivity (Wildman–Crippen MR) is 62.5 cm³/mol. The summed E-state index contributed by atoms with van der Waals surface area (Å²) < 4.78 is 5.47. The van der Waals surface area contributed by atoms with Crippen LogP contribution < -0.4 is 4.74 Å².